The predicted octanol–water partition coefficient (Wildman–Crippen LogP) is 1.47. The van der Waals surface area contributed by atoms with Crippen molar-refractivity contribution >= 4 is 5.91 Å². The van der Waals surface area contributed by atoms with E-state index >= 15 is 0 Å². The first kappa shape index (κ1) is 10.7. The summed E-state index contributed by atoms with van der Waals surface area (Å²) in [5.41, 5.74) is 6.35. The van der Waals surface area contributed by atoms with Crippen LogP contribution in [0.3, 0.4) is 0 Å². The van der Waals surface area contributed by atoms with Crippen LogP contribution in [0.25, 0.3) is 0 Å². The average molecular weight is 192 g/mol. The molecule has 0 saturated carbocycles. The van der Waals surface area contributed by atoms with Crippen molar-refractivity contribution in [2.24, 2.45) is 5.84 Å². The van der Waals surface area contributed by atoms with Crippen LogP contribution in [0.2, 0.25) is 0 Å². The van der Waals surface area contributed by atoms with Gasteiger partial charge in [0.2, 0.25) is 0 Å². The molecule has 3 N–H and O–H groups in total. The maximum absolute atomic E-state index is 11.3. The monoisotopic (exact) mass is 192 g/mol. The highest BCUT2D eigenvalue weighted by atomic mass is 16.2. The van der Waals surface area contributed by atoms with Crippen molar-refractivity contribution in [2.45, 2.75) is 27.2 Å². The summed E-state index contributed by atoms with van der Waals surface area (Å²) < 4.78 is 0. The fourth-order valence-electron chi connectivity index (χ4n) is 1.77. The van der Waals surface area contributed by atoms with Gasteiger partial charge in [-0.15, -0.1) is 0 Å². The molecule has 0 aliphatic carbocycles. The number of hydrogen-bond donors (Lipinski definition) is 2. The van der Waals surface area contributed by atoms with Crippen molar-refractivity contribution in [1.29, 1.82) is 0 Å². The molecule has 1 rings (SSSR count). The minimum absolute atomic E-state index is 0.237. The molecular weight excluding hydrogens is 176 g/mol. The smallest absolute Gasteiger partial charge is 0.265 e. The summed E-state index contributed by atoms with van der Waals surface area (Å²) in [6, 6.07) is 3.74. The van der Waals surface area contributed by atoms with Crippen molar-refractivity contribution in [3.05, 3.63) is 34.4 Å². The number of nitrogens with one attached hydrogen (secondary N) is 1. The standard InChI is InChI=1S/C11H16N2O/c1-4-10-7(2)5-9(6-8(10)3)11(14)13-12/h5-6H,4,12H2,1-3H3,(H,13,14). The fraction of sp³-hybridized carbons (Fsp3) is 0.364. The van der Waals surface area contributed by atoms with Crippen LogP contribution in [0, 0.1) is 13.8 Å². The largest absolute Gasteiger partial charge is 0.290 e. The topological polar surface area (TPSA) is 55.1 Å². The number of carbonyl (C=O) groups is 1. The Hall–Kier alpha value is -1.35. The highest BCUT2D eigenvalue weighted by molar-refractivity contribution is 5.94. The van der Waals surface area contributed by atoms with E-state index in [4.69, 9.17) is 5.84 Å². The number of hydrazine groups is 1. The highest BCUT2D eigenvalue weighted by Crippen LogP contribution is 2.16. The quantitative estimate of drug-likeness (QED) is 0.423. The highest BCUT2D eigenvalue weighted by Gasteiger charge is 2.08. The maximum Gasteiger partial charge on any atom is 0.265 e. The molecule has 0 radical (unpaired) electrons. The van der Waals surface area contributed by atoms with Gasteiger partial charge in [0.15, 0.2) is 0 Å². The predicted molar refractivity (Wildman–Crippen MR) is 56.9 cm³/mol. The SMILES string of the molecule is CCc1c(C)cc(C(=O)NN)cc1C. The van der Waals surface area contributed by atoms with Gasteiger partial charge in [0, 0.05) is 5.56 Å². The van der Waals surface area contributed by atoms with Gasteiger partial charge >= 0.3 is 0 Å². The number of nitrogen functional groups attached to an aromatic ring is 1. The molecule has 3 nitrogen and oxygen atoms in total. The first-order valence-electron chi connectivity index (χ1n) is 4.71. The molecule has 1 aromatic rings. The zero-order chi connectivity index (χ0) is 10.7. The number of rotatable bonds is 2. The van der Waals surface area contributed by atoms with Crippen LogP contribution in [0.4, 0.5) is 0 Å². The molecule has 0 bridgehead atoms. The van der Waals surface area contributed by atoms with Gasteiger partial charge in [-0.25, -0.2) is 5.84 Å². The molecule has 1 aromatic carbocycles. The van der Waals surface area contributed by atoms with Gasteiger partial charge in [-0.3, -0.25) is 10.2 Å². The summed E-state index contributed by atoms with van der Waals surface area (Å²) in [7, 11) is 0. The maximum atomic E-state index is 11.3. The summed E-state index contributed by atoms with van der Waals surface area (Å²) in [5, 5.41) is 0. The van der Waals surface area contributed by atoms with Crippen LogP contribution >= 0.6 is 0 Å². The van der Waals surface area contributed by atoms with E-state index in [0.29, 0.717) is 5.56 Å². The van der Waals surface area contributed by atoms with E-state index in [1.165, 1.54) is 5.56 Å². The average Bonchev–Trinajstić information content (AvgIpc) is 2.16. The molecule has 14 heavy (non-hydrogen) atoms. The number of amides is 1. The lowest BCUT2D eigenvalue weighted by atomic mass is 9.97. The van der Waals surface area contributed by atoms with E-state index < -0.39 is 0 Å². The van der Waals surface area contributed by atoms with Crippen LogP contribution in [0.5, 0.6) is 0 Å². The van der Waals surface area contributed by atoms with Crippen LogP contribution in [-0.4, -0.2) is 5.91 Å². The third-order valence-corrected chi connectivity index (χ3v) is 2.44. The van der Waals surface area contributed by atoms with Crippen molar-refractivity contribution in [3.8, 4) is 0 Å². The van der Waals surface area contributed by atoms with Crippen molar-refractivity contribution in [1.82, 2.24) is 5.43 Å². The fourth-order valence-corrected chi connectivity index (χ4v) is 1.77. The first-order valence-corrected chi connectivity index (χ1v) is 4.71. The molecule has 3 heteroatoms. The molecular formula is C11H16N2O. The molecule has 0 aliphatic heterocycles. The number of aryl methyl sites for hydroxylation is 2. The number of nitrogens with two attached hydrogens (primary N) is 1. The lowest BCUT2D eigenvalue weighted by Crippen LogP contribution is -2.30. The van der Waals surface area contributed by atoms with Crippen LogP contribution < -0.4 is 11.3 Å². The second-order valence-electron chi connectivity index (χ2n) is 3.42. The van der Waals surface area contributed by atoms with Gasteiger partial charge in [0.1, 0.15) is 0 Å². The van der Waals surface area contributed by atoms with Gasteiger partial charge in [-0.05, 0) is 49.1 Å². The van der Waals surface area contributed by atoms with E-state index in [1.807, 2.05) is 26.0 Å². The number of benzene rings is 1. The van der Waals surface area contributed by atoms with Gasteiger partial charge in [0.05, 0.1) is 0 Å². The molecule has 0 atom stereocenters. The van der Waals surface area contributed by atoms with Crippen molar-refractivity contribution in [2.75, 3.05) is 0 Å². The normalized spacial score (nSPS) is 10.0. The Balaban J connectivity index is 3.20. The van der Waals surface area contributed by atoms with Crippen molar-refractivity contribution in [3.63, 3.8) is 0 Å². The zero-order valence-electron chi connectivity index (χ0n) is 8.85. The molecule has 1 amide bonds. The second-order valence-corrected chi connectivity index (χ2v) is 3.42. The summed E-state index contributed by atoms with van der Waals surface area (Å²) in [5.74, 6) is 4.84. The lowest BCUT2D eigenvalue weighted by Gasteiger charge is -2.09. The minimum Gasteiger partial charge on any atom is -0.290 e. The molecule has 76 valence electrons. The minimum atomic E-state index is -0.237. The number of hydrogen-bond acceptors (Lipinski definition) is 2. The third kappa shape index (κ3) is 1.93. The summed E-state index contributed by atoms with van der Waals surface area (Å²) in [6.07, 6.45) is 0.988. The Morgan fingerprint density at radius 1 is 1.36 bits per heavy atom. The van der Waals surface area contributed by atoms with Crippen LogP contribution in [0.15, 0.2) is 12.1 Å². The molecule has 0 unspecified atom stereocenters. The summed E-state index contributed by atoms with van der Waals surface area (Å²) in [4.78, 5) is 11.3. The van der Waals surface area contributed by atoms with E-state index in [9.17, 15) is 4.79 Å². The zero-order valence-corrected chi connectivity index (χ0v) is 8.85. The third-order valence-electron chi connectivity index (χ3n) is 2.44. The molecule has 0 aromatic heterocycles. The second kappa shape index (κ2) is 4.24. The summed E-state index contributed by atoms with van der Waals surface area (Å²) >= 11 is 0. The molecule has 0 heterocycles. The first-order chi connectivity index (χ1) is 6.60. The van der Waals surface area contributed by atoms with E-state index in [0.717, 1.165) is 17.5 Å². The van der Waals surface area contributed by atoms with Crippen LogP contribution in [0.1, 0.15) is 34.0 Å². The van der Waals surface area contributed by atoms with Gasteiger partial charge in [0.25, 0.3) is 5.91 Å². The Bertz CT molecular complexity index is 335. The molecule has 0 fully saturated rings. The van der Waals surface area contributed by atoms with Gasteiger partial charge in [-0.1, -0.05) is 6.92 Å². The molecule has 0 spiro atoms. The van der Waals surface area contributed by atoms with Gasteiger partial charge < -0.3 is 0 Å². The van der Waals surface area contributed by atoms with E-state index in [1.54, 1.807) is 0 Å². The Kier molecular flexibility index (Phi) is 3.25. The van der Waals surface area contributed by atoms with E-state index in [-0.39, 0.29) is 5.91 Å². The number of carbonyl (C=O) groups excluding carboxylic acids is 1. The van der Waals surface area contributed by atoms with E-state index in [2.05, 4.69) is 12.3 Å². The molecule has 0 saturated heterocycles. The Labute approximate surface area is 84.3 Å². The Morgan fingerprint density at radius 3 is 2.21 bits per heavy atom. The van der Waals surface area contributed by atoms with Crippen LogP contribution in [-0.2, 0) is 6.42 Å². The lowest BCUT2D eigenvalue weighted by molar-refractivity contribution is 0.0953. The molecule has 0 aliphatic rings. The Morgan fingerprint density at radius 2 is 1.86 bits per heavy atom. The van der Waals surface area contributed by atoms with Crippen molar-refractivity contribution < 1.29 is 4.79 Å². The van der Waals surface area contributed by atoms with Gasteiger partial charge in [-0.2, -0.15) is 0 Å². The summed E-state index contributed by atoms with van der Waals surface area (Å²) in [6.45, 7) is 6.14.